The van der Waals surface area contributed by atoms with E-state index in [-0.39, 0.29) is 0 Å². The van der Waals surface area contributed by atoms with Crippen molar-refractivity contribution in [2.45, 2.75) is 9.79 Å². The van der Waals surface area contributed by atoms with Crippen LogP contribution in [-0.2, 0) is 10.0 Å². The van der Waals surface area contributed by atoms with Gasteiger partial charge in [-0.25, -0.2) is 13.1 Å². The number of hydrogen-bond donors (Lipinski definition) is 2. The molecule has 2 rings (SSSR count). The summed E-state index contributed by atoms with van der Waals surface area (Å²) in [6.07, 6.45) is 1.88. The molecule has 0 aliphatic carbocycles. The van der Waals surface area contributed by atoms with Gasteiger partial charge >= 0.3 is 0 Å². The Balaban J connectivity index is 1.93. The van der Waals surface area contributed by atoms with E-state index >= 15 is 0 Å². The first kappa shape index (κ1) is 15.8. The first-order valence-electron chi connectivity index (χ1n) is 6.69. The number of hydrogen-bond acceptors (Lipinski definition) is 5. The lowest BCUT2D eigenvalue weighted by Gasteiger charge is -2.27. The van der Waals surface area contributed by atoms with Gasteiger partial charge < -0.3 is 5.32 Å². The van der Waals surface area contributed by atoms with Gasteiger partial charge in [0.05, 0.1) is 4.90 Å². The minimum Gasteiger partial charge on any atom is -0.314 e. The van der Waals surface area contributed by atoms with Gasteiger partial charge in [-0.3, -0.25) is 4.90 Å². The Kier molecular flexibility index (Phi) is 5.86. The van der Waals surface area contributed by atoms with Crippen molar-refractivity contribution in [2.24, 2.45) is 0 Å². The van der Waals surface area contributed by atoms with E-state index < -0.39 is 10.0 Å². The van der Waals surface area contributed by atoms with Crippen LogP contribution >= 0.6 is 11.8 Å². The van der Waals surface area contributed by atoms with E-state index in [9.17, 15) is 8.42 Å². The number of sulfonamides is 1. The molecule has 1 saturated heterocycles. The largest absolute Gasteiger partial charge is 0.314 e. The van der Waals surface area contributed by atoms with E-state index in [1.807, 2.05) is 18.4 Å². The highest BCUT2D eigenvalue weighted by Gasteiger charge is 2.18. The molecule has 5 nitrogen and oxygen atoms in total. The molecule has 2 N–H and O–H groups in total. The number of nitrogens with one attached hydrogen (secondary N) is 2. The van der Waals surface area contributed by atoms with E-state index in [2.05, 4.69) is 14.9 Å². The summed E-state index contributed by atoms with van der Waals surface area (Å²) in [6.45, 7) is 5.10. The highest BCUT2D eigenvalue weighted by molar-refractivity contribution is 7.99. The molecular formula is C13H21N3O2S2. The third-order valence-electron chi connectivity index (χ3n) is 3.29. The topological polar surface area (TPSA) is 61.4 Å². The van der Waals surface area contributed by atoms with E-state index in [1.54, 1.807) is 12.1 Å². The third kappa shape index (κ3) is 4.20. The fourth-order valence-electron chi connectivity index (χ4n) is 2.19. The molecule has 1 fully saturated rings. The maximum Gasteiger partial charge on any atom is 0.241 e. The van der Waals surface area contributed by atoms with Gasteiger partial charge in [-0.1, -0.05) is 12.1 Å². The summed E-state index contributed by atoms with van der Waals surface area (Å²) in [7, 11) is -3.42. The molecule has 0 atom stereocenters. The second-order valence-corrected chi connectivity index (χ2v) is 7.22. The van der Waals surface area contributed by atoms with Gasteiger partial charge in [0.1, 0.15) is 0 Å². The quantitative estimate of drug-likeness (QED) is 0.753. The molecule has 0 radical (unpaired) electrons. The molecule has 1 aliphatic rings. The number of nitrogens with zero attached hydrogens (tertiary/aromatic N) is 1. The summed E-state index contributed by atoms with van der Waals surface area (Å²) in [6, 6.07) is 7.09. The van der Waals surface area contributed by atoms with Crippen LogP contribution < -0.4 is 10.0 Å². The molecule has 7 heteroatoms. The summed E-state index contributed by atoms with van der Waals surface area (Å²) in [5, 5.41) is 3.28. The Morgan fingerprint density at radius 2 is 2.00 bits per heavy atom. The smallest absolute Gasteiger partial charge is 0.241 e. The number of piperazine rings is 1. The van der Waals surface area contributed by atoms with Gasteiger partial charge in [0, 0.05) is 44.2 Å². The van der Waals surface area contributed by atoms with Gasteiger partial charge in [0.2, 0.25) is 10.0 Å². The van der Waals surface area contributed by atoms with E-state index in [0.29, 0.717) is 11.4 Å². The first-order chi connectivity index (χ1) is 9.63. The molecule has 1 aromatic rings. The van der Waals surface area contributed by atoms with Crippen LogP contribution in [0.3, 0.4) is 0 Å². The minimum atomic E-state index is -3.42. The van der Waals surface area contributed by atoms with Crippen LogP contribution in [0.4, 0.5) is 0 Å². The predicted molar refractivity (Wildman–Crippen MR) is 82.7 cm³/mol. The maximum absolute atomic E-state index is 12.3. The van der Waals surface area contributed by atoms with Crippen LogP contribution in [0, 0.1) is 0 Å². The fraction of sp³-hybridized carbons (Fsp3) is 0.538. The van der Waals surface area contributed by atoms with Crippen molar-refractivity contribution < 1.29 is 8.42 Å². The standard InChI is InChI=1S/C13H21N3O2S2/c1-19-12-4-2-3-5-13(12)20(17,18)15-8-11-16-9-6-14-7-10-16/h2-5,14-15H,6-11H2,1H3. The lowest BCUT2D eigenvalue weighted by atomic mass is 10.3. The highest BCUT2D eigenvalue weighted by atomic mass is 32.2. The summed E-state index contributed by atoms with van der Waals surface area (Å²) >= 11 is 1.45. The molecule has 112 valence electrons. The van der Waals surface area contributed by atoms with Crippen molar-refractivity contribution in [3.05, 3.63) is 24.3 Å². The Hall–Kier alpha value is -0.600. The van der Waals surface area contributed by atoms with Crippen LogP contribution in [0.25, 0.3) is 0 Å². The lowest BCUT2D eigenvalue weighted by molar-refractivity contribution is 0.245. The third-order valence-corrected chi connectivity index (χ3v) is 5.73. The monoisotopic (exact) mass is 315 g/mol. The second-order valence-electron chi connectivity index (χ2n) is 4.64. The summed E-state index contributed by atoms with van der Waals surface area (Å²) < 4.78 is 27.3. The zero-order valence-corrected chi connectivity index (χ0v) is 13.3. The highest BCUT2D eigenvalue weighted by Crippen LogP contribution is 2.23. The van der Waals surface area contributed by atoms with Crippen LogP contribution in [0.1, 0.15) is 0 Å². The first-order valence-corrected chi connectivity index (χ1v) is 9.40. The van der Waals surface area contributed by atoms with Crippen LogP contribution in [0.2, 0.25) is 0 Å². The Morgan fingerprint density at radius 1 is 1.30 bits per heavy atom. The normalized spacial score (nSPS) is 17.2. The molecule has 0 saturated carbocycles. The predicted octanol–water partition coefficient (Wildman–Crippen LogP) is 0.592. The second kappa shape index (κ2) is 7.42. The van der Waals surface area contributed by atoms with Gasteiger partial charge in [-0.2, -0.15) is 0 Å². The molecule has 0 unspecified atom stereocenters. The van der Waals surface area contributed by atoms with Crippen molar-refractivity contribution in [1.82, 2.24) is 14.9 Å². The minimum absolute atomic E-state index is 0.368. The molecule has 1 heterocycles. The fourth-order valence-corrected chi connectivity index (χ4v) is 4.36. The average molecular weight is 315 g/mol. The SMILES string of the molecule is CSc1ccccc1S(=O)(=O)NCCN1CCNCC1. The van der Waals surface area contributed by atoms with Crippen molar-refractivity contribution >= 4 is 21.8 Å². The van der Waals surface area contributed by atoms with Crippen LogP contribution in [0.5, 0.6) is 0 Å². The van der Waals surface area contributed by atoms with E-state index in [1.165, 1.54) is 11.8 Å². The molecule has 0 aromatic heterocycles. The Labute approximate surface area is 125 Å². The zero-order valence-electron chi connectivity index (χ0n) is 11.6. The maximum atomic E-state index is 12.3. The van der Waals surface area contributed by atoms with Gasteiger partial charge in [-0.15, -0.1) is 11.8 Å². The number of thioether (sulfide) groups is 1. The summed E-state index contributed by atoms with van der Waals surface area (Å²) in [5.41, 5.74) is 0. The van der Waals surface area contributed by atoms with Gasteiger partial charge in [-0.05, 0) is 18.4 Å². The molecule has 20 heavy (non-hydrogen) atoms. The summed E-state index contributed by atoms with van der Waals surface area (Å²) in [4.78, 5) is 3.41. The molecule has 0 bridgehead atoms. The molecule has 0 spiro atoms. The average Bonchev–Trinajstić information content (AvgIpc) is 2.48. The Bertz CT molecular complexity index is 528. The summed E-state index contributed by atoms with van der Waals surface area (Å²) in [5.74, 6) is 0. The molecule has 1 aromatic carbocycles. The molecule has 1 aliphatic heterocycles. The van der Waals surface area contributed by atoms with Crippen molar-refractivity contribution in [1.29, 1.82) is 0 Å². The van der Waals surface area contributed by atoms with E-state index in [4.69, 9.17) is 0 Å². The van der Waals surface area contributed by atoms with Gasteiger partial charge in [0.15, 0.2) is 0 Å². The zero-order chi connectivity index (χ0) is 14.4. The van der Waals surface area contributed by atoms with Gasteiger partial charge in [0.25, 0.3) is 0 Å². The van der Waals surface area contributed by atoms with Crippen molar-refractivity contribution in [2.75, 3.05) is 45.5 Å². The van der Waals surface area contributed by atoms with Crippen molar-refractivity contribution in [3.63, 3.8) is 0 Å². The van der Waals surface area contributed by atoms with Crippen molar-refractivity contribution in [3.8, 4) is 0 Å². The van der Waals surface area contributed by atoms with E-state index in [0.717, 1.165) is 37.6 Å². The molecular weight excluding hydrogens is 294 g/mol. The number of benzene rings is 1. The van der Waals surface area contributed by atoms with Crippen LogP contribution in [-0.4, -0.2) is 58.8 Å². The Morgan fingerprint density at radius 3 is 2.70 bits per heavy atom. The molecule has 0 amide bonds. The van der Waals surface area contributed by atoms with Crippen LogP contribution in [0.15, 0.2) is 34.1 Å². The number of rotatable bonds is 6. The lowest BCUT2D eigenvalue weighted by Crippen LogP contribution is -2.46.